The molecule has 1 aliphatic carbocycles. The molecule has 0 N–H and O–H groups in total. The van der Waals surface area contributed by atoms with Crippen LogP contribution in [0.3, 0.4) is 0 Å². The maximum Gasteiger partial charge on any atom is 0.195 e. The summed E-state index contributed by atoms with van der Waals surface area (Å²) in [5, 5.41) is 0. The summed E-state index contributed by atoms with van der Waals surface area (Å²) in [4.78, 5) is 22.0. The number of rotatable bonds is 2. The molecule has 1 fully saturated rings. The zero-order chi connectivity index (χ0) is 9.14. The molecule has 68 valence electrons. The fourth-order valence-electron chi connectivity index (χ4n) is 1.73. The predicted octanol–water partition coefficient (Wildman–Crippen LogP) is 2.34. The first kappa shape index (κ1) is 10.2. The molecule has 0 unspecified atom stereocenters. The number of halogens is 1. The highest BCUT2D eigenvalue weighted by Gasteiger charge is 2.26. The van der Waals surface area contributed by atoms with Gasteiger partial charge < -0.3 is 0 Å². The Hall–Kier alpha value is 0.0700. The van der Waals surface area contributed by atoms with Crippen LogP contribution in [0.5, 0.6) is 0 Å². The van der Waals surface area contributed by atoms with Crippen LogP contribution in [0.25, 0.3) is 0 Å². The van der Waals surface area contributed by atoms with Gasteiger partial charge in [0.1, 0.15) is 5.78 Å². The molecule has 0 saturated heterocycles. The summed E-state index contributed by atoms with van der Waals surface area (Å²) in [6.45, 7) is 1.65. The van der Waals surface area contributed by atoms with E-state index < -0.39 is 0 Å². The fourth-order valence-corrected chi connectivity index (χ4v) is 2.35. The Labute approximate surface area is 86.2 Å². The van der Waals surface area contributed by atoms with Crippen LogP contribution in [0.4, 0.5) is 0 Å². The van der Waals surface area contributed by atoms with Gasteiger partial charge in [-0.2, -0.15) is 0 Å². The van der Waals surface area contributed by atoms with E-state index in [1.807, 2.05) is 22.6 Å². The molecule has 12 heavy (non-hydrogen) atoms. The Balaban J connectivity index is 2.39. The van der Waals surface area contributed by atoms with Gasteiger partial charge in [0.15, 0.2) is 3.79 Å². The van der Waals surface area contributed by atoms with Crippen molar-refractivity contribution in [3.8, 4) is 0 Å². The Morgan fingerprint density at radius 3 is 1.83 bits per heavy atom. The summed E-state index contributed by atoms with van der Waals surface area (Å²) in [7, 11) is 0. The molecule has 0 amide bonds. The molecular weight excluding hydrogens is 267 g/mol. The van der Waals surface area contributed by atoms with E-state index in [0.29, 0.717) is 0 Å². The fraction of sp³-hybridized carbons (Fsp3) is 0.778. The molecule has 2 nitrogen and oxygen atoms in total. The van der Waals surface area contributed by atoms with E-state index in [9.17, 15) is 9.59 Å². The first-order valence-electron chi connectivity index (χ1n) is 4.31. The number of hydrogen-bond donors (Lipinski definition) is 0. The van der Waals surface area contributed by atoms with E-state index >= 15 is 0 Å². The minimum Gasteiger partial charge on any atom is -0.300 e. The third kappa shape index (κ3) is 2.54. The average Bonchev–Trinajstić information content (AvgIpc) is 2.04. The molecule has 3 heteroatoms. The van der Waals surface area contributed by atoms with Gasteiger partial charge in [0.25, 0.3) is 0 Å². The summed E-state index contributed by atoms with van der Waals surface area (Å²) in [5.41, 5.74) is 0. The first-order chi connectivity index (χ1) is 5.61. The Morgan fingerprint density at radius 2 is 1.50 bits per heavy atom. The summed E-state index contributed by atoms with van der Waals surface area (Å²) >= 11 is 1.86. The summed E-state index contributed by atoms with van der Waals surface area (Å²) in [5.74, 6) is 0.743. The van der Waals surface area contributed by atoms with Crippen LogP contribution in [0.1, 0.15) is 32.6 Å². The lowest BCUT2D eigenvalue weighted by Crippen LogP contribution is -2.22. The SMILES string of the molecule is CC(=O)C1CCC(C(=O)I)CC1. The second-order valence-electron chi connectivity index (χ2n) is 3.46. The van der Waals surface area contributed by atoms with Crippen molar-refractivity contribution in [2.45, 2.75) is 32.6 Å². The van der Waals surface area contributed by atoms with Gasteiger partial charge in [-0.3, -0.25) is 9.59 Å². The van der Waals surface area contributed by atoms with Gasteiger partial charge in [-0.15, -0.1) is 0 Å². The number of Topliss-reactive ketones (excluding diaryl/α,β-unsaturated/α-hetero) is 1. The van der Waals surface area contributed by atoms with Gasteiger partial charge in [0.05, 0.1) is 0 Å². The minimum atomic E-state index is 0.223. The average molecular weight is 280 g/mol. The van der Waals surface area contributed by atoms with Crippen molar-refractivity contribution in [2.24, 2.45) is 11.8 Å². The Morgan fingerprint density at radius 1 is 1.08 bits per heavy atom. The number of carbonyl (C=O) groups is 2. The van der Waals surface area contributed by atoms with E-state index in [-0.39, 0.29) is 21.4 Å². The van der Waals surface area contributed by atoms with Gasteiger partial charge in [-0.25, -0.2) is 0 Å². The van der Waals surface area contributed by atoms with Gasteiger partial charge in [0.2, 0.25) is 0 Å². The number of ketones is 1. The van der Waals surface area contributed by atoms with Crippen molar-refractivity contribution >= 4 is 32.2 Å². The molecule has 0 heterocycles. The van der Waals surface area contributed by atoms with Crippen LogP contribution < -0.4 is 0 Å². The monoisotopic (exact) mass is 280 g/mol. The Bertz CT molecular complexity index is 171. The van der Waals surface area contributed by atoms with Crippen LogP contribution in [0.15, 0.2) is 0 Å². The number of carbonyl (C=O) groups excluding carboxylic acids is 2. The molecule has 0 radical (unpaired) electrons. The van der Waals surface area contributed by atoms with E-state index in [4.69, 9.17) is 0 Å². The molecule has 0 aromatic heterocycles. The minimum absolute atomic E-state index is 0.223. The smallest absolute Gasteiger partial charge is 0.195 e. The molecule has 0 atom stereocenters. The van der Waals surface area contributed by atoms with Crippen molar-refractivity contribution in [2.75, 3.05) is 0 Å². The van der Waals surface area contributed by atoms with Crippen LogP contribution in [0, 0.1) is 11.8 Å². The summed E-state index contributed by atoms with van der Waals surface area (Å²) in [6, 6.07) is 0. The van der Waals surface area contributed by atoms with Crippen molar-refractivity contribution in [1.29, 1.82) is 0 Å². The molecule has 0 spiro atoms. The van der Waals surface area contributed by atoms with Gasteiger partial charge in [0, 0.05) is 11.8 Å². The predicted molar refractivity (Wildman–Crippen MR) is 55.2 cm³/mol. The Kier molecular flexibility index (Phi) is 3.68. The molecule has 0 bridgehead atoms. The van der Waals surface area contributed by atoms with Crippen molar-refractivity contribution in [3.05, 3.63) is 0 Å². The molecule has 0 aliphatic heterocycles. The van der Waals surface area contributed by atoms with Crippen LogP contribution in [-0.4, -0.2) is 9.57 Å². The normalized spacial score (nSPS) is 29.8. The largest absolute Gasteiger partial charge is 0.300 e. The van der Waals surface area contributed by atoms with Gasteiger partial charge >= 0.3 is 0 Å². The lowest BCUT2D eigenvalue weighted by Gasteiger charge is -2.24. The van der Waals surface area contributed by atoms with Crippen LogP contribution in [0.2, 0.25) is 0 Å². The van der Waals surface area contributed by atoms with E-state index in [0.717, 1.165) is 25.7 Å². The summed E-state index contributed by atoms with van der Waals surface area (Å²) in [6.07, 6.45) is 3.64. The second-order valence-corrected chi connectivity index (χ2v) is 4.53. The topological polar surface area (TPSA) is 34.1 Å². The standard InChI is InChI=1S/C9H13IO2/c1-6(11)7-2-4-8(5-3-7)9(10)12/h7-8H,2-5H2,1H3. The zero-order valence-corrected chi connectivity index (χ0v) is 9.34. The van der Waals surface area contributed by atoms with Crippen LogP contribution in [-0.2, 0) is 9.59 Å². The molecule has 1 saturated carbocycles. The zero-order valence-electron chi connectivity index (χ0n) is 7.18. The lowest BCUT2D eigenvalue weighted by molar-refractivity contribution is -0.123. The van der Waals surface area contributed by atoms with Gasteiger partial charge in [-0.05, 0) is 55.2 Å². The molecule has 1 aliphatic rings. The second kappa shape index (κ2) is 4.35. The molecular formula is C9H13IO2. The highest BCUT2D eigenvalue weighted by molar-refractivity contribution is 14.1. The van der Waals surface area contributed by atoms with Crippen molar-refractivity contribution in [3.63, 3.8) is 0 Å². The van der Waals surface area contributed by atoms with E-state index in [2.05, 4.69) is 0 Å². The number of hydrogen-bond acceptors (Lipinski definition) is 2. The molecule has 1 rings (SSSR count). The lowest BCUT2D eigenvalue weighted by atomic mass is 9.81. The molecule has 0 aromatic carbocycles. The van der Waals surface area contributed by atoms with Crippen LogP contribution >= 0.6 is 22.6 Å². The highest BCUT2D eigenvalue weighted by Crippen LogP contribution is 2.30. The van der Waals surface area contributed by atoms with Crippen molar-refractivity contribution < 1.29 is 9.59 Å². The third-order valence-corrected chi connectivity index (χ3v) is 3.50. The van der Waals surface area contributed by atoms with Crippen molar-refractivity contribution in [1.82, 2.24) is 0 Å². The third-order valence-electron chi connectivity index (χ3n) is 2.62. The maximum atomic E-state index is 11.0. The van der Waals surface area contributed by atoms with Gasteiger partial charge in [-0.1, -0.05) is 0 Å². The quantitative estimate of drug-likeness (QED) is 0.574. The highest BCUT2D eigenvalue weighted by atomic mass is 127. The molecule has 0 aromatic rings. The first-order valence-corrected chi connectivity index (χ1v) is 5.39. The van der Waals surface area contributed by atoms with E-state index in [1.54, 1.807) is 6.92 Å². The maximum absolute atomic E-state index is 11.0. The van der Waals surface area contributed by atoms with E-state index in [1.165, 1.54) is 0 Å². The summed E-state index contributed by atoms with van der Waals surface area (Å²) < 4.78 is 0.259.